The highest BCUT2D eigenvalue weighted by Crippen LogP contribution is 2.16. The fraction of sp³-hybridized carbons (Fsp3) is 0.417. The van der Waals surface area contributed by atoms with Crippen LogP contribution in [0, 0.1) is 5.92 Å². The monoisotopic (exact) mass is 270 g/mol. The van der Waals surface area contributed by atoms with Gasteiger partial charge in [-0.3, -0.25) is 14.6 Å². The van der Waals surface area contributed by atoms with Gasteiger partial charge in [-0.2, -0.15) is 0 Å². The van der Waals surface area contributed by atoms with E-state index < -0.39 is 11.9 Å². The van der Waals surface area contributed by atoms with Crippen LogP contribution in [-0.4, -0.2) is 40.0 Å². The molecule has 5 nitrogen and oxygen atoms in total. The van der Waals surface area contributed by atoms with Gasteiger partial charge in [0.05, 0.1) is 16.5 Å². The van der Waals surface area contributed by atoms with E-state index >= 15 is 0 Å². The summed E-state index contributed by atoms with van der Waals surface area (Å²) in [7, 11) is 0. The van der Waals surface area contributed by atoms with E-state index in [0.29, 0.717) is 12.1 Å². The zero-order valence-corrected chi connectivity index (χ0v) is 11.0. The molecule has 1 N–H and O–H groups in total. The van der Waals surface area contributed by atoms with Crippen LogP contribution in [0.3, 0.4) is 0 Å². The summed E-state index contributed by atoms with van der Waals surface area (Å²) < 4.78 is 0. The van der Waals surface area contributed by atoms with Gasteiger partial charge in [0.2, 0.25) is 0 Å². The molecule has 6 heteroatoms. The Morgan fingerprint density at radius 2 is 2.22 bits per heavy atom. The number of carbonyl (C=O) groups is 2. The number of aliphatic carboxylic acids is 1. The van der Waals surface area contributed by atoms with E-state index in [4.69, 9.17) is 16.7 Å². The number of hydrogen-bond donors (Lipinski definition) is 1. The van der Waals surface area contributed by atoms with Crippen LogP contribution in [0.4, 0.5) is 0 Å². The summed E-state index contributed by atoms with van der Waals surface area (Å²) in [5.74, 6) is -1.82. The Labute approximate surface area is 110 Å². The van der Waals surface area contributed by atoms with Crippen LogP contribution in [-0.2, 0) is 4.79 Å². The Balaban J connectivity index is 2.86. The molecule has 1 unspecified atom stereocenters. The molecule has 0 saturated carbocycles. The number of nitrogens with zero attached hydrogens (tertiary/aromatic N) is 2. The Morgan fingerprint density at radius 3 is 2.72 bits per heavy atom. The lowest BCUT2D eigenvalue weighted by Gasteiger charge is -2.23. The van der Waals surface area contributed by atoms with Crippen LogP contribution >= 0.6 is 11.6 Å². The number of aromatic nitrogens is 1. The lowest BCUT2D eigenvalue weighted by atomic mass is 10.1. The maximum Gasteiger partial charge on any atom is 0.308 e. The molecule has 1 atom stereocenters. The van der Waals surface area contributed by atoms with Gasteiger partial charge in [0.1, 0.15) is 0 Å². The fourth-order valence-electron chi connectivity index (χ4n) is 1.48. The molecule has 0 radical (unpaired) electrons. The lowest BCUT2D eigenvalue weighted by Crippen LogP contribution is -2.36. The first-order chi connectivity index (χ1) is 8.47. The van der Waals surface area contributed by atoms with Crippen molar-refractivity contribution in [3.05, 3.63) is 29.0 Å². The van der Waals surface area contributed by atoms with E-state index in [0.717, 1.165) is 0 Å². The van der Waals surface area contributed by atoms with Crippen molar-refractivity contribution in [3.63, 3.8) is 0 Å². The first-order valence-corrected chi connectivity index (χ1v) is 5.96. The van der Waals surface area contributed by atoms with E-state index in [2.05, 4.69) is 4.98 Å². The minimum absolute atomic E-state index is 0.156. The highest BCUT2D eigenvalue weighted by Gasteiger charge is 2.21. The standard InChI is InChI=1S/C12H15ClN2O3/c1-3-15(7-8(2)12(17)18)11(16)9-4-5-14-6-10(9)13/h4-6,8H,3,7H2,1-2H3,(H,17,18). The zero-order valence-electron chi connectivity index (χ0n) is 10.3. The summed E-state index contributed by atoms with van der Waals surface area (Å²) in [5.41, 5.74) is 0.339. The van der Waals surface area contributed by atoms with Crippen molar-refractivity contribution in [2.45, 2.75) is 13.8 Å². The first-order valence-electron chi connectivity index (χ1n) is 5.59. The second-order valence-electron chi connectivity index (χ2n) is 3.94. The first kappa shape index (κ1) is 14.4. The summed E-state index contributed by atoms with van der Waals surface area (Å²) in [6, 6.07) is 1.53. The Morgan fingerprint density at radius 1 is 1.56 bits per heavy atom. The van der Waals surface area contributed by atoms with E-state index in [1.807, 2.05) is 0 Å². The predicted molar refractivity (Wildman–Crippen MR) is 67.6 cm³/mol. The van der Waals surface area contributed by atoms with Crippen LogP contribution in [0.25, 0.3) is 0 Å². The summed E-state index contributed by atoms with van der Waals surface area (Å²) >= 11 is 5.89. The van der Waals surface area contributed by atoms with Crippen molar-refractivity contribution in [2.75, 3.05) is 13.1 Å². The molecule has 1 aromatic heterocycles. The van der Waals surface area contributed by atoms with Crippen molar-refractivity contribution in [3.8, 4) is 0 Å². The lowest BCUT2D eigenvalue weighted by molar-refractivity contribution is -0.141. The molecule has 0 saturated heterocycles. The topological polar surface area (TPSA) is 70.5 Å². The number of carboxylic acid groups (broad SMARTS) is 1. The van der Waals surface area contributed by atoms with Gasteiger partial charge in [-0.15, -0.1) is 0 Å². The quantitative estimate of drug-likeness (QED) is 0.887. The highest BCUT2D eigenvalue weighted by molar-refractivity contribution is 6.33. The third-order valence-corrected chi connectivity index (χ3v) is 2.89. The van der Waals surface area contributed by atoms with Crippen molar-refractivity contribution in [1.29, 1.82) is 0 Å². The number of carbonyl (C=O) groups excluding carboxylic acids is 1. The van der Waals surface area contributed by atoms with Gasteiger partial charge in [-0.1, -0.05) is 18.5 Å². The minimum atomic E-state index is -0.929. The number of rotatable bonds is 5. The maximum atomic E-state index is 12.2. The maximum absolute atomic E-state index is 12.2. The number of hydrogen-bond acceptors (Lipinski definition) is 3. The van der Waals surface area contributed by atoms with Crippen molar-refractivity contribution >= 4 is 23.5 Å². The van der Waals surface area contributed by atoms with E-state index in [9.17, 15) is 9.59 Å². The largest absolute Gasteiger partial charge is 0.481 e. The predicted octanol–water partition coefficient (Wildman–Crippen LogP) is 1.92. The van der Waals surface area contributed by atoms with Gasteiger partial charge < -0.3 is 10.0 Å². The van der Waals surface area contributed by atoms with Gasteiger partial charge in [0.15, 0.2) is 0 Å². The van der Waals surface area contributed by atoms with Gasteiger partial charge >= 0.3 is 5.97 Å². The summed E-state index contributed by atoms with van der Waals surface area (Å²) in [6.07, 6.45) is 2.87. The number of carboxylic acids is 1. The molecule has 0 aliphatic carbocycles. The van der Waals surface area contributed by atoms with Gasteiger partial charge in [-0.05, 0) is 13.0 Å². The third kappa shape index (κ3) is 3.43. The zero-order chi connectivity index (χ0) is 13.7. The highest BCUT2D eigenvalue weighted by atomic mass is 35.5. The molecule has 0 aliphatic heterocycles. The minimum Gasteiger partial charge on any atom is -0.481 e. The normalized spacial score (nSPS) is 11.9. The second kappa shape index (κ2) is 6.35. The molecule has 0 aliphatic rings. The third-order valence-electron chi connectivity index (χ3n) is 2.59. The molecule has 1 aromatic rings. The van der Waals surface area contributed by atoms with Crippen molar-refractivity contribution < 1.29 is 14.7 Å². The van der Waals surface area contributed by atoms with Crippen molar-refractivity contribution in [2.24, 2.45) is 5.92 Å². The number of pyridine rings is 1. The van der Waals surface area contributed by atoms with Gasteiger partial charge in [-0.25, -0.2) is 0 Å². The van der Waals surface area contributed by atoms with Crippen LogP contribution in [0.1, 0.15) is 24.2 Å². The van der Waals surface area contributed by atoms with Crippen molar-refractivity contribution in [1.82, 2.24) is 9.88 Å². The van der Waals surface area contributed by atoms with Crippen LogP contribution in [0.5, 0.6) is 0 Å². The van der Waals surface area contributed by atoms with Crippen LogP contribution < -0.4 is 0 Å². The van der Waals surface area contributed by atoms with E-state index in [1.54, 1.807) is 13.8 Å². The summed E-state index contributed by atoms with van der Waals surface area (Å²) in [5, 5.41) is 9.13. The molecular formula is C12H15ClN2O3. The molecule has 0 bridgehead atoms. The molecule has 1 rings (SSSR count). The summed E-state index contributed by atoms with van der Waals surface area (Å²) in [4.78, 5) is 28.2. The molecule has 18 heavy (non-hydrogen) atoms. The van der Waals surface area contributed by atoms with Gasteiger partial charge in [0, 0.05) is 25.5 Å². The molecule has 1 heterocycles. The molecule has 0 fully saturated rings. The SMILES string of the molecule is CCN(CC(C)C(=O)O)C(=O)c1ccncc1Cl. The molecule has 1 amide bonds. The van der Waals surface area contributed by atoms with E-state index in [1.165, 1.54) is 23.4 Å². The van der Waals surface area contributed by atoms with E-state index in [-0.39, 0.29) is 17.5 Å². The molecular weight excluding hydrogens is 256 g/mol. The van der Waals surface area contributed by atoms with Crippen LogP contribution in [0.15, 0.2) is 18.5 Å². The Kier molecular flexibility index (Phi) is 5.09. The molecule has 0 aromatic carbocycles. The fourth-order valence-corrected chi connectivity index (χ4v) is 1.68. The number of amides is 1. The number of halogens is 1. The van der Waals surface area contributed by atoms with Gasteiger partial charge in [0.25, 0.3) is 5.91 Å². The smallest absolute Gasteiger partial charge is 0.308 e. The van der Waals surface area contributed by atoms with Crippen LogP contribution in [0.2, 0.25) is 5.02 Å². The average Bonchev–Trinajstić information content (AvgIpc) is 2.35. The average molecular weight is 271 g/mol. The second-order valence-corrected chi connectivity index (χ2v) is 4.35. The molecule has 98 valence electrons. The molecule has 0 spiro atoms. The Hall–Kier alpha value is -1.62. The Bertz CT molecular complexity index is 451. The summed E-state index contributed by atoms with van der Waals surface area (Å²) in [6.45, 7) is 3.94.